The normalized spacial score (nSPS) is 19.0. The average Bonchev–Trinajstić information content (AvgIpc) is 2.45. The van der Waals surface area contributed by atoms with Gasteiger partial charge in [0.15, 0.2) is 0 Å². The Balaban J connectivity index is 2.00. The Morgan fingerprint density at radius 3 is 3.11 bits per heavy atom. The summed E-state index contributed by atoms with van der Waals surface area (Å²) >= 11 is 0. The van der Waals surface area contributed by atoms with E-state index in [0.29, 0.717) is 11.5 Å². The third-order valence-corrected chi connectivity index (χ3v) is 3.33. The molecule has 2 N–H and O–H groups in total. The van der Waals surface area contributed by atoms with E-state index in [1.807, 2.05) is 12.1 Å². The van der Waals surface area contributed by atoms with Gasteiger partial charge in [-0.1, -0.05) is 0 Å². The molecule has 1 saturated heterocycles. The minimum atomic E-state index is 0.636. The van der Waals surface area contributed by atoms with Crippen LogP contribution in [0.5, 0.6) is 5.75 Å². The van der Waals surface area contributed by atoms with Crippen LogP contribution in [-0.2, 0) is 0 Å². The lowest BCUT2D eigenvalue weighted by atomic mass is 9.99. The number of hydrogen-bond donors (Lipinski definition) is 2. The largest absolute Gasteiger partial charge is 0.497 e. The van der Waals surface area contributed by atoms with Crippen molar-refractivity contribution in [3.05, 3.63) is 23.8 Å². The predicted molar refractivity (Wildman–Crippen MR) is 71.8 cm³/mol. The monoisotopic (exact) mass is 245 g/mol. The summed E-state index contributed by atoms with van der Waals surface area (Å²) in [4.78, 5) is 0. The fraction of sp³-hybridized carbons (Fsp3) is 0.500. The van der Waals surface area contributed by atoms with E-state index in [4.69, 9.17) is 10.00 Å². The second kappa shape index (κ2) is 6.27. The zero-order chi connectivity index (χ0) is 12.8. The molecule has 0 amide bonds. The number of nitrogens with zero attached hydrogens (tertiary/aromatic N) is 1. The molecule has 1 atom stereocenters. The van der Waals surface area contributed by atoms with Crippen molar-refractivity contribution >= 4 is 5.69 Å². The highest BCUT2D eigenvalue weighted by Gasteiger charge is 2.13. The number of methoxy groups -OCH3 is 1. The summed E-state index contributed by atoms with van der Waals surface area (Å²) in [5, 5.41) is 15.8. The van der Waals surface area contributed by atoms with Gasteiger partial charge in [-0.25, -0.2) is 0 Å². The molecule has 0 radical (unpaired) electrons. The van der Waals surface area contributed by atoms with E-state index in [1.54, 1.807) is 13.2 Å². The van der Waals surface area contributed by atoms with Crippen LogP contribution in [0, 0.1) is 17.2 Å². The molecule has 96 valence electrons. The molecule has 1 aliphatic heterocycles. The van der Waals surface area contributed by atoms with Crippen molar-refractivity contribution in [2.24, 2.45) is 5.92 Å². The Morgan fingerprint density at radius 2 is 2.44 bits per heavy atom. The zero-order valence-corrected chi connectivity index (χ0v) is 10.7. The van der Waals surface area contributed by atoms with Gasteiger partial charge in [-0.15, -0.1) is 0 Å². The maximum Gasteiger partial charge on any atom is 0.121 e. The van der Waals surface area contributed by atoms with Gasteiger partial charge in [-0.3, -0.25) is 0 Å². The van der Waals surface area contributed by atoms with Gasteiger partial charge in [-0.2, -0.15) is 5.26 Å². The number of rotatable bonds is 4. The van der Waals surface area contributed by atoms with Crippen molar-refractivity contribution in [2.75, 3.05) is 32.1 Å². The molecule has 1 aromatic rings. The van der Waals surface area contributed by atoms with Crippen LogP contribution >= 0.6 is 0 Å². The van der Waals surface area contributed by atoms with Crippen LogP contribution in [0.2, 0.25) is 0 Å². The second-order valence-electron chi connectivity index (χ2n) is 4.62. The summed E-state index contributed by atoms with van der Waals surface area (Å²) in [6, 6.07) is 7.69. The maximum atomic E-state index is 9.08. The van der Waals surface area contributed by atoms with E-state index in [1.165, 1.54) is 12.8 Å². The van der Waals surface area contributed by atoms with E-state index < -0.39 is 0 Å². The van der Waals surface area contributed by atoms with Crippen LogP contribution in [-0.4, -0.2) is 26.7 Å². The lowest BCUT2D eigenvalue weighted by Gasteiger charge is -2.23. The second-order valence-corrected chi connectivity index (χ2v) is 4.62. The van der Waals surface area contributed by atoms with E-state index in [-0.39, 0.29) is 0 Å². The summed E-state index contributed by atoms with van der Waals surface area (Å²) in [5.74, 6) is 1.41. The van der Waals surface area contributed by atoms with Crippen LogP contribution in [0.15, 0.2) is 18.2 Å². The maximum absolute atomic E-state index is 9.08. The molecule has 1 aliphatic rings. The summed E-state index contributed by atoms with van der Waals surface area (Å²) in [5.41, 5.74) is 1.53. The highest BCUT2D eigenvalue weighted by atomic mass is 16.5. The Labute approximate surface area is 108 Å². The van der Waals surface area contributed by atoms with Crippen molar-refractivity contribution in [3.63, 3.8) is 0 Å². The molecule has 0 aliphatic carbocycles. The topological polar surface area (TPSA) is 57.1 Å². The van der Waals surface area contributed by atoms with E-state index in [9.17, 15) is 0 Å². The molecule has 2 rings (SSSR count). The van der Waals surface area contributed by atoms with Gasteiger partial charge in [0.25, 0.3) is 0 Å². The van der Waals surface area contributed by atoms with Gasteiger partial charge in [-0.05, 0) is 44.0 Å². The quantitative estimate of drug-likeness (QED) is 0.851. The molecular weight excluding hydrogens is 226 g/mol. The fourth-order valence-electron chi connectivity index (χ4n) is 2.25. The van der Waals surface area contributed by atoms with Crippen molar-refractivity contribution in [3.8, 4) is 11.8 Å². The molecule has 0 aromatic heterocycles. The number of nitriles is 1. The van der Waals surface area contributed by atoms with Gasteiger partial charge in [0.1, 0.15) is 11.8 Å². The number of piperidine rings is 1. The summed E-state index contributed by atoms with van der Waals surface area (Å²) in [6.07, 6.45) is 2.47. The van der Waals surface area contributed by atoms with Crippen LogP contribution in [0.1, 0.15) is 18.4 Å². The average molecular weight is 245 g/mol. The first kappa shape index (κ1) is 12.7. The SMILES string of the molecule is COc1ccc(C#N)c(NCC2CCCNC2)c1. The molecule has 0 bridgehead atoms. The molecule has 1 heterocycles. The van der Waals surface area contributed by atoms with Gasteiger partial charge >= 0.3 is 0 Å². The van der Waals surface area contributed by atoms with Gasteiger partial charge in [0.05, 0.1) is 18.4 Å². The molecule has 4 heteroatoms. The van der Waals surface area contributed by atoms with Gasteiger partial charge in [0, 0.05) is 12.6 Å². The smallest absolute Gasteiger partial charge is 0.121 e. The summed E-state index contributed by atoms with van der Waals surface area (Å²) in [6.45, 7) is 3.08. The minimum Gasteiger partial charge on any atom is -0.497 e. The van der Waals surface area contributed by atoms with Gasteiger partial charge < -0.3 is 15.4 Å². The van der Waals surface area contributed by atoms with Gasteiger partial charge in [0.2, 0.25) is 0 Å². The Morgan fingerprint density at radius 1 is 1.56 bits per heavy atom. The number of ether oxygens (including phenoxy) is 1. The van der Waals surface area contributed by atoms with Crippen LogP contribution in [0.25, 0.3) is 0 Å². The Kier molecular flexibility index (Phi) is 4.43. The lowest BCUT2D eigenvalue weighted by molar-refractivity contribution is 0.392. The highest BCUT2D eigenvalue weighted by Crippen LogP contribution is 2.22. The number of hydrogen-bond acceptors (Lipinski definition) is 4. The van der Waals surface area contributed by atoms with Crippen LogP contribution < -0.4 is 15.4 Å². The number of benzene rings is 1. The van der Waals surface area contributed by atoms with Crippen LogP contribution in [0.4, 0.5) is 5.69 Å². The molecule has 0 saturated carbocycles. The van der Waals surface area contributed by atoms with Crippen molar-refractivity contribution < 1.29 is 4.74 Å². The first-order valence-electron chi connectivity index (χ1n) is 6.36. The van der Waals surface area contributed by atoms with Crippen molar-refractivity contribution in [1.29, 1.82) is 5.26 Å². The minimum absolute atomic E-state index is 0.636. The molecule has 1 fully saturated rings. The molecule has 4 nitrogen and oxygen atoms in total. The molecular formula is C14H19N3O. The van der Waals surface area contributed by atoms with Crippen molar-refractivity contribution in [1.82, 2.24) is 5.32 Å². The predicted octanol–water partition coefficient (Wildman–Crippen LogP) is 1.98. The molecule has 18 heavy (non-hydrogen) atoms. The lowest BCUT2D eigenvalue weighted by Crippen LogP contribution is -2.33. The van der Waals surface area contributed by atoms with Crippen LogP contribution in [0.3, 0.4) is 0 Å². The fourth-order valence-corrected chi connectivity index (χ4v) is 2.25. The summed E-state index contributed by atoms with van der Waals surface area (Å²) in [7, 11) is 1.64. The summed E-state index contributed by atoms with van der Waals surface area (Å²) < 4.78 is 5.18. The first-order valence-corrected chi connectivity index (χ1v) is 6.36. The Hall–Kier alpha value is -1.73. The molecule has 1 unspecified atom stereocenters. The molecule has 0 spiro atoms. The number of anilines is 1. The van der Waals surface area contributed by atoms with E-state index >= 15 is 0 Å². The number of nitrogens with one attached hydrogen (secondary N) is 2. The third-order valence-electron chi connectivity index (χ3n) is 3.33. The third kappa shape index (κ3) is 3.14. The standard InChI is InChI=1S/C14H19N3O/c1-18-13-5-4-12(8-15)14(7-13)17-10-11-3-2-6-16-9-11/h4-5,7,11,16-17H,2-3,6,9-10H2,1H3. The Bertz CT molecular complexity index is 433. The first-order chi connectivity index (χ1) is 8.83. The van der Waals surface area contributed by atoms with Crippen molar-refractivity contribution in [2.45, 2.75) is 12.8 Å². The van der Waals surface area contributed by atoms with E-state index in [0.717, 1.165) is 31.1 Å². The molecule has 1 aromatic carbocycles. The zero-order valence-electron chi connectivity index (χ0n) is 10.7. The van der Waals surface area contributed by atoms with E-state index in [2.05, 4.69) is 16.7 Å². The highest BCUT2D eigenvalue weighted by molar-refractivity contribution is 5.60.